The Kier molecular flexibility index (Phi) is 8.61. The molecular weight excluding hydrogens is 695 g/mol. The van der Waals surface area contributed by atoms with Crippen LogP contribution in [-0.2, 0) is 0 Å². The van der Waals surface area contributed by atoms with E-state index < -0.39 is 51.4 Å². The van der Waals surface area contributed by atoms with Gasteiger partial charge in [-0.25, -0.2) is 47.5 Å². The number of nitrogens with zero attached hydrogens (tertiary/aromatic N) is 9. The predicted molar refractivity (Wildman–Crippen MR) is 184 cm³/mol. The lowest BCUT2D eigenvalue weighted by atomic mass is 9.86. The highest BCUT2D eigenvalue weighted by atomic mass is 19.2. The Balaban J connectivity index is 1.86. The van der Waals surface area contributed by atoms with Gasteiger partial charge in [0.25, 0.3) is 11.4 Å². The fourth-order valence-electron chi connectivity index (χ4n) is 6.45. The smallest absolute Gasteiger partial charge is 0.238 e. The minimum atomic E-state index is -2.02. The molecular formula is C41H9F4N9. The Bertz CT molecular complexity index is 2800. The molecule has 54 heavy (non-hydrogen) atoms. The standard InChI is InChI=1S/C41H9F4N9/c1-51-23-6-8-24-26(13-23)28(15-47)32(35(24)30(17-49)52-2)20-10-21(12-22(11-20)34-39(44)37(42)29(16-48)38(43)40(34)45)33-36(31(18-50)53-3)25-7-5-19(14-46)9-27(25)41(33)54-4/h5-13H/b35-30+,36-31-. The summed E-state index contributed by atoms with van der Waals surface area (Å²) in [6, 6.07) is 20.1. The zero-order chi connectivity index (χ0) is 39.0. The Hall–Kier alpha value is -9.03. The number of halogens is 4. The van der Waals surface area contributed by atoms with E-state index in [-0.39, 0.29) is 78.2 Å². The number of rotatable bonds is 3. The average molecular weight is 704 g/mol. The van der Waals surface area contributed by atoms with E-state index in [2.05, 4.69) is 19.4 Å². The first-order chi connectivity index (χ1) is 26.1. The maximum absolute atomic E-state index is 15.8. The molecule has 0 spiro atoms. The number of hydrogen-bond donors (Lipinski definition) is 0. The summed E-state index contributed by atoms with van der Waals surface area (Å²) in [5, 5.41) is 49.4. The Morgan fingerprint density at radius 2 is 1.09 bits per heavy atom. The van der Waals surface area contributed by atoms with Gasteiger partial charge in [-0.05, 0) is 92.1 Å². The van der Waals surface area contributed by atoms with Crippen LogP contribution in [-0.4, -0.2) is 0 Å². The molecule has 0 N–H and O–H groups in total. The van der Waals surface area contributed by atoms with Crippen molar-refractivity contribution in [2.45, 2.75) is 0 Å². The van der Waals surface area contributed by atoms with E-state index in [9.17, 15) is 26.3 Å². The van der Waals surface area contributed by atoms with Gasteiger partial charge in [-0.2, -0.15) is 15.8 Å². The molecule has 6 rings (SSSR count). The molecule has 2 aliphatic carbocycles. The van der Waals surface area contributed by atoms with E-state index >= 15 is 17.6 Å². The van der Waals surface area contributed by atoms with Crippen molar-refractivity contribution >= 4 is 39.2 Å². The van der Waals surface area contributed by atoms with Gasteiger partial charge < -0.3 is 0 Å². The van der Waals surface area contributed by atoms with Crippen LogP contribution in [0.4, 0.5) is 23.2 Å². The van der Waals surface area contributed by atoms with Crippen LogP contribution >= 0.6 is 0 Å². The third kappa shape index (κ3) is 5.01. The molecule has 4 aromatic carbocycles. The van der Waals surface area contributed by atoms with Gasteiger partial charge in [-0.1, -0.05) is 18.2 Å². The molecule has 13 heteroatoms. The van der Waals surface area contributed by atoms with Crippen molar-refractivity contribution in [1.82, 2.24) is 0 Å². The van der Waals surface area contributed by atoms with Crippen LogP contribution in [0.1, 0.15) is 44.5 Å². The van der Waals surface area contributed by atoms with E-state index in [1.54, 1.807) is 12.1 Å². The van der Waals surface area contributed by atoms with Crippen LogP contribution in [0.15, 0.2) is 66.0 Å². The lowest BCUT2D eigenvalue weighted by Crippen LogP contribution is -2.05. The molecule has 2 aliphatic rings. The lowest BCUT2D eigenvalue weighted by molar-refractivity contribution is 0.454. The number of fused-ring (bicyclic) bond motifs is 2. The molecule has 246 valence electrons. The molecule has 0 atom stereocenters. The summed E-state index contributed by atoms with van der Waals surface area (Å²) < 4.78 is 61.9. The minimum Gasteiger partial charge on any atom is -0.238 e. The van der Waals surface area contributed by atoms with E-state index in [0.717, 1.165) is 18.2 Å². The highest BCUT2D eigenvalue weighted by Gasteiger charge is 2.35. The van der Waals surface area contributed by atoms with Gasteiger partial charge in [0.2, 0.25) is 5.70 Å². The van der Waals surface area contributed by atoms with E-state index in [0.29, 0.717) is 0 Å². The van der Waals surface area contributed by atoms with E-state index in [1.165, 1.54) is 42.5 Å². The largest absolute Gasteiger partial charge is 0.270 e. The van der Waals surface area contributed by atoms with Gasteiger partial charge in [-0.3, -0.25) is 0 Å². The maximum atomic E-state index is 15.8. The van der Waals surface area contributed by atoms with Gasteiger partial charge in [0.05, 0.1) is 61.2 Å². The van der Waals surface area contributed by atoms with Gasteiger partial charge in [-0.15, -0.1) is 0 Å². The molecule has 0 bridgehead atoms. The Labute approximate surface area is 303 Å². The summed E-state index contributed by atoms with van der Waals surface area (Å²) in [6.07, 6.45) is 0. The first kappa shape index (κ1) is 34.8. The topological polar surface area (TPSA) is 136 Å². The molecule has 0 unspecified atom stereocenters. The summed E-state index contributed by atoms with van der Waals surface area (Å²) in [4.78, 5) is 13.6. The SMILES string of the molecule is [C-]#[N+]C1=C(c2cc(C3=C(C#N)c4cc([N+]#[C-])ccc4/C3=C(/C#N)[N+]#[C-])cc(-c3c(F)c(F)c(C#N)c(F)c3F)c2)/C(=C(/C#N)[N+]#[C-])c2ccc(C#N)cc21. The molecule has 0 saturated heterocycles. The molecule has 0 aliphatic heterocycles. The summed E-state index contributed by atoms with van der Waals surface area (Å²) in [7, 11) is 0. The summed E-state index contributed by atoms with van der Waals surface area (Å²) >= 11 is 0. The monoisotopic (exact) mass is 703 g/mol. The van der Waals surface area contributed by atoms with Crippen molar-refractivity contribution < 1.29 is 17.6 Å². The van der Waals surface area contributed by atoms with Gasteiger partial charge in [0.1, 0.15) is 17.7 Å². The first-order valence-corrected chi connectivity index (χ1v) is 14.9. The molecule has 0 heterocycles. The van der Waals surface area contributed by atoms with Crippen molar-refractivity contribution in [3.8, 4) is 41.5 Å². The maximum Gasteiger partial charge on any atom is 0.270 e. The zero-order valence-electron chi connectivity index (χ0n) is 26.7. The van der Waals surface area contributed by atoms with Crippen LogP contribution in [0.2, 0.25) is 0 Å². The highest BCUT2D eigenvalue weighted by molar-refractivity contribution is 6.27. The molecule has 0 saturated carbocycles. The van der Waals surface area contributed by atoms with Crippen molar-refractivity contribution in [2.75, 3.05) is 0 Å². The molecule has 9 nitrogen and oxygen atoms in total. The van der Waals surface area contributed by atoms with Crippen LogP contribution in [0.25, 0.3) is 64.1 Å². The Morgan fingerprint density at radius 1 is 0.537 bits per heavy atom. The molecule has 0 radical (unpaired) electrons. The predicted octanol–water partition coefficient (Wildman–Crippen LogP) is 9.76. The molecule has 0 fully saturated rings. The number of hydrogen-bond acceptors (Lipinski definition) is 5. The van der Waals surface area contributed by atoms with Crippen LogP contribution in [0, 0.1) is 106 Å². The van der Waals surface area contributed by atoms with E-state index in [1.807, 2.05) is 12.1 Å². The first-order valence-electron chi connectivity index (χ1n) is 14.9. The Morgan fingerprint density at radius 3 is 1.61 bits per heavy atom. The second kappa shape index (κ2) is 13.4. The molecule has 4 aromatic rings. The normalized spacial score (nSPS) is 14.1. The molecule has 0 amide bonds. The second-order valence-electron chi connectivity index (χ2n) is 11.2. The average Bonchev–Trinajstić information content (AvgIpc) is 3.70. The highest BCUT2D eigenvalue weighted by Crippen LogP contribution is 2.53. The van der Waals surface area contributed by atoms with Crippen LogP contribution < -0.4 is 0 Å². The summed E-state index contributed by atoms with van der Waals surface area (Å²) in [6.45, 7) is 31.1. The lowest BCUT2D eigenvalue weighted by Gasteiger charge is -2.17. The fraction of sp³-hybridized carbons (Fsp3) is 0. The fourth-order valence-corrected chi connectivity index (χ4v) is 6.45. The number of allylic oxidation sites excluding steroid dienone is 7. The third-order valence-corrected chi connectivity index (χ3v) is 8.64. The van der Waals surface area contributed by atoms with Crippen molar-refractivity contribution in [3.63, 3.8) is 0 Å². The van der Waals surface area contributed by atoms with Crippen molar-refractivity contribution in [2.24, 2.45) is 0 Å². The zero-order valence-corrected chi connectivity index (χ0v) is 26.7. The van der Waals surface area contributed by atoms with Gasteiger partial charge in [0.15, 0.2) is 29.0 Å². The van der Waals surface area contributed by atoms with Crippen molar-refractivity contribution in [3.05, 3.63) is 179 Å². The third-order valence-electron chi connectivity index (χ3n) is 8.64. The van der Waals surface area contributed by atoms with E-state index in [4.69, 9.17) is 26.3 Å². The van der Waals surface area contributed by atoms with Gasteiger partial charge in [0, 0.05) is 5.57 Å². The quantitative estimate of drug-likeness (QED) is 0.0906. The summed E-state index contributed by atoms with van der Waals surface area (Å²) in [5.74, 6) is -7.99. The summed E-state index contributed by atoms with van der Waals surface area (Å²) in [5.41, 5.74) is -5.16. The van der Waals surface area contributed by atoms with Gasteiger partial charge >= 0.3 is 0 Å². The number of nitriles is 5. The van der Waals surface area contributed by atoms with Crippen LogP contribution in [0.5, 0.6) is 0 Å². The molecule has 0 aromatic heterocycles. The van der Waals surface area contributed by atoms with Crippen LogP contribution in [0.3, 0.4) is 0 Å². The second-order valence-corrected chi connectivity index (χ2v) is 11.2. The minimum absolute atomic E-state index is 0.0794. The number of benzene rings is 4. The van der Waals surface area contributed by atoms with Crippen molar-refractivity contribution in [1.29, 1.82) is 26.3 Å².